The fraction of sp³-hybridized carbons (Fsp3) is 0.350. The number of halogens is 1. The van der Waals surface area contributed by atoms with Crippen molar-refractivity contribution in [3.05, 3.63) is 58.5 Å². The molecule has 0 spiro atoms. The number of quaternary nitrogens is 1. The van der Waals surface area contributed by atoms with Crippen LogP contribution >= 0.6 is 0 Å². The Kier molecular flexibility index (Phi) is 5.40. The highest BCUT2D eigenvalue weighted by Gasteiger charge is 2.44. The van der Waals surface area contributed by atoms with E-state index in [0.29, 0.717) is 24.6 Å². The van der Waals surface area contributed by atoms with Crippen LogP contribution < -0.4 is 20.1 Å². The summed E-state index contributed by atoms with van der Waals surface area (Å²) in [6.45, 7) is 1.22. The molecule has 1 atom stereocenters. The number of imide groups is 1. The number of rotatable bonds is 5. The number of aromatic nitrogens is 1. The van der Waals surface area contributed by atoms with E-state index >= 15 is 0 Å². The summed E-state index contributed by atoms with van der Waals surface area (Å²) in [4.78, 5) is 42.0. The number of nitrogens with two attached hydrogens (primary N) is 1. The molecule has 2 fully saturated rings. The number of hydrogen-bond acceptors (Lipinski definition) is 5. The van der Waals surface area contributed by atoms with Gasteiger partial charge in [-0.2, -0.15) is 0 Å². The lowest BCUT2D eigenvalue weighted by Crippen LogP contribution is -2.97. The van der Waals surface area contributed by atoms with Gasteiger partial charge in [0.25, 0.3) is 5.91 Å². The van der Waals surface area contributed by atoms with Gasteiger partial charge in [0.05, 0.1) is 42.4 Å². The molecule has 156 valence electrons. The summed E-state index contributed by atoms with van der Waals surface area (Å²) < 4.78 is 13.1. The number of hydrogen-bond donors (Lipinski definition) is 1. The summed E-state index contributed by atoms with van der Waals surface area (Å²) in [5, 5.41) is 13.2. The second-order valence-electron chi connectivity index (χ2n) is 7.53. The maximum atomic E-state index is 13.1. The van der Waals surface area contributed by atoms with Crippen molar-refractivity contribution >= 4 is 29.0 Å². The van der Waals surface area contributed by atoms with Crippen LogP contribution in [0, 0.1) is 15.9 Å². The van der Waals surface area contributed by atoms with E-state index in [2.05, 4.69) is 4.98 Å². The molecule has 10 heteroatoms. The zero-order valence-corrected chi connectivity index (χ0v) is 16.2. The molecule has 2 saturated heterocycles. The van der Waals surface area contributed by atoms with E-state index in [-0.39, 0.29) is 30.0 Å². The summed E-state index contributed by atoms with van der Waals surface area (Å²) in [6.07, 6.45) is 3.23. The number of H-pyrrole nitrogens is 1. The number of nitrogens with one attached hydrogen (secondary N) is 1. The van der Waals surface area contributed by atoms with Gasteiger partial charge in [0, 0.05) is 18.9 Å². The third-order valence-corrected chi connectivity index (χ3v) is 5.64. The quantitative estimate of drug-likeness (QED) is 0.432. The maximum absolute atomic E-state index is 13.1. The van der Waals surface area contributed by atoms with E-state index in [4.69, 9.17) is 0 Å². The molecule has 0 radical (unpaired) electrons. The predicted octanol–water partition coefficient (Wildman–Crippen LogP) is 0.412. The molecule has 1 aromatic carbocycles. The third-order valence-electron chi connectivity index (χ3n) is 5.64. The molecule has 0 unspecified atom stereocenters. The lowest BCUT2D eigenvalue weighted by atomic mass is 10.0. The Hall–Kier alpha value is -3.40. The van der Waals surface area contributed by atoms with Crippen molar-refractivity contribution in [2.45, 2.75) is 31.3 Å². The van der Waals surface area contributed by atoms with Crippen LogP contribution in [-0.2, 0) is 9.59 Å². The highest BCUT2D eigenvalue weighted by atomic mass is 19.1. The Morgan fingerprint density at radius 1 is 1.13 bits per heavy atom. The van der Waals surface area contributed by atoms with Crippen LogP contribution in [0.4, 0.5) is 21.6 Å². The fourth-order valence-corrected chi connectivity index (χ4v) is 4.13. The number of aromatic amines is 1. The van der Waals surface area contributed by atoms with Crippen molar-refractivity contribution in [2.75, 3.05) is 22.9 Å². The van der Waals surface area contributed by atoms with Gasteiger partial charge in [-0.15, -0.1) is 0 Å². The summed E-state index contributed by atoms with van der Waals surface area (Å²) >= 11 is 0. The van der Waals surface area contributed by atoms with Gasteiger partial charge in [-0.25, -0.2) is 14.3 Å². The number of anilines is 2. The molecule has 2 aliphatic rings. The Morgan fingerprint density at radius 2 is 1.83 bits per heavy atom. The minimum absolute atomic E-state index is 0.0337. The van der Waals surface area contributed by atoms with Crippen LogP contribution in [0.25, 0.3) is 0 Å². The van der Waals surface area contributed by atoms with Crippen molar-refractivity contribution in [3.63, 3.8) is 0 Å². The van der Waals surface area contributed by atoms with Gasteiger partial charge in [-0.05, 0) is 30.3 Å². The van der Waals surface area contributed by atoms with Gasteiger partial charge in [0.1, 0.15) is 5.82 Å². The summed E-state index contributed by atoms with van der Waals surface area (Å²) in [5.74, 6) is -0.528. The number of nitrogens with zero attached hydrogens (tertiary/aromatic N) is 3. The first-order valence-electron chi connectivity index (χ1n) is 9.81. The molecule has 3 heterocycles. The second kappa shape index (κ2) is 8.15. The molecule has 30 heavy (non-hydrogen) atoms. The van der Waals surface area contributed by atoms with Gasteiger partial charge in [0.15, 0.2) is 6.04 Å². The third kappa shape index (κ3) is 3.86. The maximum Gasteiger partial charge on any atom is 0.357 e. The number of amides is 2. The fourth-order valence-electron chi connectivity index (χ4n) is 4.13. The van der Waals surface area contributed by atoms with Crippen LogP contribution in [0.5, 0.6) is 0 Å². The molecular weight excluding hydrogens is 393 g/mol. The number of benzene rings is 1. The molecule has 0 saturated carbocycles. The molecule has 3 N–H and O–H groups in total. The van der Waals surface area contributed by atoms with Crippen molar-refractivity contribution in [2.24, 2.45) is 0 Å². The standard InChI is InChI=1S/C20H20FN5O4/c21-13-3-5-15(6-4-13)25-18(27)12-16(20(25)28)23-14-7-10-24(11-8-14)19-17(26(29)30)2-1-9-22-19/h1-6,9,14,16,23H,7-8,10-12H2/p+2/t16-/m0/s1. The van der Waals surface area contributed by atoms with Gasteiger partial charge in [-0.3, -0.25) is 24.6 Å². The van der Waals surface area contributed by atoms with Crippen molar-refractivity contribution in [1.29, 1.82) is 0 Å². The van der Waals surface area contributed by atoms with E-state index in [9.17, 15) is 24.1 Å². The van der Waals surface area contributed by atoms with Crippen molar-refractivity contribution in [1.82, 2.24) is 0 Å². The zero-order valence-electron chi connectivity index (χ0n) is 16.2. The molecular formula is C20H22FN5O4+2. The largest absolute Gasteiger partial charge is 0.357 e. The number of nitro groups is 1. The Labute approximate surface area is 171 Å². The lowest BCUT2D eigenvalue weighted by Gasteiger charge is -2.27. The first-order chi connectivity index (χ1) is 14.4. The van der Waals surface area contributed by atoms with Crippen LogP contribution in [0.1, 0.15) is 19.3 Å². The molecule has 4 rings (SSSR count). The first kappa shape index (κ1) is 19.9. The average Bonchev–Trinajstić information content (AvgIpc) is 3.02. The van der Waals surface area contributed by atoms with Crippen molar-refractivity contribution in [3.8, 4) is 0 Å². The van der Waals surface area contributed by atoms with Gasteiger partial charge < -0.3 is 5.32 Å². The van der Waals surface area contributed by atoms with E-state index < -0.39 is 16.8 Å². The summed E-state index contributed by atoms with van der Waals surface area (Å²) in [7, 11) is 0. The monoisotopic (exact) mass is 415 g/mol. The van der Waals surface area contributed by atoms with Crippen LogP contribution in [0.3, 0.4) is 0 Å². The van der Waals surface area contributed by atoms with Gasteiger partial charge in [0.2, 0.25) is 5.91 Å². The van der Waals surface area contributed by atoms with E-state index in [1.165, 1.54) is 30.3 Å². The van der Waals surface area contributed by atoms with Crippen LogP contribution in [0.15, 0.2) is 42.6 Å². The zero-order chi connectivity index (χ0) is 21.3. The Balaban J connectivity index is 1.38. The highest BCUT2D eigenvalue weighted by Crippen LogP contribution is 2.25. The predicted molar refractivity (Wildman–Crippen MR) is 104 cm³/mol. The topological polar surface area (TPSA) is 115 Å². The lowest BCUT2D eigenvalue weighted by molar-refractivity contribution is -0.709. The molecule has 0 bridgehead atoms. The van der Waals surface area contributed by atoms with Crippen LogP contribution in [-0.4, -0.2) is 41.9 Å². The number of carbonyl (C=O) groups is 2. The summed E-state index contributed by atoms with van der Waals surface area (Å²) in [5.41, 5.74) is 0.412. The average molecular weight is 415 g/mol. The minimum atomic E-state index is -0.503. The van der Waals surface area contributed by atoms with Gasteiger partial charge >= 0.3 is 11.5 Å². The minimum Gasteiger partial charge on any atom is -0.333 e. The number of pyridine rings is 1. The first-order valence-corrected chi connectivity index (χ1v) is 9.81. The summed E-state index contributed by atoms with van der Waals surface area (Å²) in [6, 6.07) is 8.00. The number of carbonyl (C=O) groups excluding carboxylic acids is 2. The molecule has 1 aromatic heterocycles. The molecule has 2 amide bonds. The molecule has 0 aliphatic carbocycles. The van der Waals surface area contributed by atoms with Crippen LogP contribution in [0.2, 0.25) is 0 Å². The number of piperidine rings is 1. The van der Waals surface area contributed by atoms with Crippen molar-refractivity contribution < 1.29 is 29.2 Å². The molecule has 2 aromatic rings. The Bertz CT molecular complexity index is 975. The SMILES string of the molecule is O=C1C[C@H]([NH2+]C2CCN(c3[nH+]cccc3[N+](=O)[O-])CC2)C(=O)N1c1ccc(F)cc1. The van der Waals surface area contributed by atoms with Gasteiger partial charge in [-0.1, -0.05) is 0 Å². The highest BCUT2D eigenvalue weighted by molar-refractivity contribution is 6.21. The normalized spacial score (nSPS) is 20.1. The van der Waals surface area contributed by atoms with E-state index in [0.717, 1.165) is 17.7 Å². The molecule has 9 nitrogen and oxygen atoms in total. The van der Waals surface area contributed by atoms with E-state index in [1.807, 2.05) is 10.2 Å². The molecule has 2 aliphatic heterocycles. The second-order valence-corrected chi connectivity index (χ2v) is 7.53. The smallest absolute Gasteiger partial charge is 0.333 e. The Morgan fingerprint density at radius 3 is 2.50 bits per heavy atom. The van der Waals surface area contributed by atoms with E-state index in [1.54, 1.807) is 12.3 Å².